The van der Waals surface area contributed by atoms with E-state index in [4.69, 9.17) is 0 Å². The van der Waals surface area contributed by atoms with Gasteiger partial charge in [0, 0.05) is 37.5 Å². The zero-order chi connectivity index (χ0) is 17.8. The van der Waals surface area contributed by atoms with E-state index in [1.807, 2.05) is 30.2 Å². The second-order valence-electron chi connectivity index (χ2n) is 5.85. The van der Waals surface area contributed by atoms with Crippen LogP contribution in [0.2, 0.25) is 0 Å². The van der Waals surface area contributed by atoms with E-state index in [9.17, 15) is 9.59 Å². The summed E-state index contributed by atoms with van der Waals surface area (Å²) >= 11 is 2.92. The number of anilines is 1. The number of rotatable bonds is 6. The van der Waals surface area contributed by atoms with Crippen molar-refractivity contribution < 1.29 is 9.59 Å². The summed E-state index contributed by atoms with van der Waals surface area (Å²) in [7, 11) is 0. The van der Waals surface area contributed by atoms with Gasteiger partial charge in [0.2, 0.25) is 5.91 Å². The zero-order valence-corrected chi connectivity index (χ0v) is 16.1. The molecule has 0 atom stereocenters. The van der Waals surface area contributed by atoms with Crippen molar-refractivity contribution in [2.45, 2.75) is 26.8 Å². The molecule has 1 aliphatic heterocycles. The molecule has 134 valence electrons. The van der Waals surface area contributed by atoms with E-state index >= 15 is 0 Å². The molecule has 0 radical (unpaired) electrons. The first-order chi connectivity index (χ1) is 12.1. The maximum absolute atomic E-state index is 12.3. The molecule has 2 aromatic rings. The van der Waals surface area contributed by atoms with Gasteiger partial charge in [-0.3, -0.25) is 19.8 Å². The SMILES string of the molecule is CCN(CC)C(=O)CN1CCc2nc(NC(=O)c3cccs3)sc2C1. The largest absolute Gasteiger partial charge is 0.342 e. The fourth-order valence-corrected chi connectivity index (χ4v) is 4.54. The Hall–Kier alpha value is -1.77. The van der Waals surface area contributed by atoms with Gasteiger partial charge in [-0.1, -0.05) is 6.07 Å². The smallest absolute Gasteiger partial charge is 0.267 e. The summed E-state index contributed by atoms with van der Waals surface area (Å²) in [6.45, 7) is 7.47. The predicted octanol–water partition coefficient (Wildman–Crippen LogP) is 2.68. The quantitative estimate of drug-likeness (QED) is 0.839. The van der Waals surface area contributed by atoms with Crippen molar-refractivity contribution in [3.63, 3.8) is 0 Å². The minimum absolute atomic E-state index is 0.116. The number of carbonyl (C=O) groups is 2. The van der Waals surface area contributed by atoms with E-state index in [-0.39, 0.29) is 11.8 Å². The fraction of sp³-hybridized carbons (Fsp3) is 0.471. The van der Waals surface area contributed by atoms with Crippen molar-refractivity contribution in [2.24, 2.45) is 0 Å². The maximum atomic E-state index is 12.3. The molecule has 2 amide bonds. The van der Waals surface area contributed by atoms with Crippen LogP contribution in [0.1, 0.15) is 34.1 Å². The van der Waals surface area contributed by atoms with E-state index in [2.05, 4.69) is 15.2 Å². The van der Waals surface area contributed by atoms with Crippen LogP contribution in [-0.2, 0) is 17.8 Å². The molecule has 0 saturated heterocycles. The molecule has 8 heteroatoms. The first-order valence-corrected chi connectivity index (χ1v) is 10.1. The average Bonchev–Trinajstić information content (AvgIpc) is 3.24. The molecule has 1 aliphatic rings. The van der Waals surface area contributed by atoms with Crippen molar-refractivity contribution in [3.05, 3.63) is 33.0 Å². The van der Waals surface area contributed by atoms with Gasteiger partial charge in [-0.25, -0.2) is 4.98 Å². The minimum Gasteiger partial charge on any atom is -0.342 e. The molecular weight excluding hydrogens is 356 g/mol. The molecule has 6 nitrogen and oxygen atoms in total. The lowest BCUT2D eigenvalue weighted by Crippen LogP contribution is -2.41. The Morgan fingerprint density at radius 3 is 2.84 bits per heavy atom. The Morgan fingerprint density at radius 2 is 2.16 bits per heavy atom. The molecule has 0 aromatic carbocycles. The highest BCUT2D eigenvalue weighted by atomic mass is 32.1. The lowest BCUT2D eigenvalue weighted by Gasteiger charge is -2.28. The van der Waals surface area contributed by atoms with Gasteiger partial charge >= 0.3 is 0 Å². The number of nitrogens with zero attached hydrogens (tertiary/aromatic N) is 3. The average molecular weight is 379 g/mol. The van der Waals surface area contributed by atoms with Gasteiger partial charge < -0.3 is 4.90 Å². The highest BCUT2D eigenvalue weighted by Gasteiger charge is 2.24. The maximum Gasteiger partial charge on any atom is 0.267 e. The van der Waals surface area contributed by atoms with Gasteiger partial charge in [0.05, 0.1) is 17.1 Å². The lowest BCUT2D eigenvalue weighted by molar-refractivity contribution is -0.132. The van der Waals surface area contributed by atoms with Gasteiger partial charge in [-0.05, 0) is 25.3 Å². The van der Waals surface area contributed by atoms with Crippen LogP contribution in [0.5, 0.6) is 0 Å². The van der Waals surface area contributed by atoms with Gasteiger partial charge in [0.1, 0.15) is 0 Å². The van der Waals surface area contributed by atoms with Crippen molar-refractivity contribution in [1.82, 2.24) is 14.8 Å². The molecule has 2 aromatic heterocycles. The molecule has 0 spiro atoms. The van der Waals surface area contributed by atoms with Crippen LogP contribution in [-0.4, -0.2) is 52.8 Å². The van der Waals surface area contributed by atoms with E-state index in [1.54, 1.807) is 6.07 Å². The second kappa shape index (κ2) is 8.07. The summed E-state index contributed by atoms with van der Waals surface area (Å²) in [6, 6.07) is 3.66. The number of amides is 2. The van der Waals surface area contributed by atoms with Crippen molar-refractivity contribution in [2.75, 3.05) is 31.5 Å². The molecule has 0 fully saturated rings. The van der Waals surface area contributed by atoms with Crippen molar-refractivity contribution >= 4 is 39.6 Å². The summed E-state index contributed by atoms with van der Waals surface area (Å²) in [4.78, 5) is 34.8. The standard InChI is InChI=1S/C17H22N4O2S2/c1-3-21(4-2)15(22)11-20-8-7-12-14(10-20)25-17(18-12)19-16(23)13-6-5-9-24-13/h5-6,9H,3-4,7-8,10-11H2,1-2H3,(H,18,19,23). The number of nitrogens with one attached hydrogen (secondary N) is 1. The molecule has 3 heterocycles. The Morgan fingerprint density at radius 1 is 1.36 bits per heavy atom. The summed E-state index contributed by atoms with van der Waals surface area (Å²) < 4.78 is 0. The number of likely N-dealkylation sites (N-methyl/N-ethyl adjacent to an activating group) is 1. The van der Waals surface area contributed by atoms with E-state index < -0.39 is 0 Å². The van der Waals surface area contributed by atoms with Crippen LogP contribution in [0, 0.1) is 0 Å². The Bertz CT molecular complexity index is 738. The van der Waals surface area contributed by atoms with Gasteiger partial charge in [0.15, 0.2) is 5.13 Å². The van der Waals surface area contributed by atoms with E-state index in [0.29, 0.717) is 16.6 Å². The number of thiazole rings is 1. The van der Waals surface area contributed by atoms with Crippen molar-refractivity contribution in [3.8, 4) is 0 Å². The minimum atomic E-state index is -0.116. The van der Waals surface area contributed by atoms with Crippen LogP contribution < -0.4 is 5.32 Å². The fourth-order valence-electron chi connectivity index (χ4n) is 2.87. The Balaban J connectivity index is 1.61. The topological polar surface area (TPSA) is 65.5 Å². The molecular formula is C17H22N4O2S2. The summed E-state index contributed by atoms with van der Waals surface area (Å²) in [5, 5.41) is 5.40. The van der Waals surface area contributed by atoms with Crippen LogP contribution in [0.25, 0.3) is 0 Å². The van der Waals surface area contributed by atoms with Gasteiger partial charge in [-0.15, -0.1) is 22.7 Å². The molecule has 0 aliphatic carbocycles. The monoisotopic (exact) mass is 378 g/mol. The lowest BCUT2D eigenvalue weighted by atomic mass is 10.2. The first kappa shape index (κ1) is 18.0. The summed E-state index contributed by atoms with van der Waals surface area (Å²) in [6.07, 6.45) is 0.812. The number of hydrogen-bond acceptors (Lipinski definition) is 6. The molecule has 0 bridgehead atoms. The van der Waals surface area contributed by atoms with Crippen LogP contribution in [0.4, 0.5) is 5.13 Å². The Kier molecular flexibility index (Phi) is 5.82. The third-order valence-corrected chi connectivity index (χ3v) is 6.12. The summed E-state index contributed by atoms with van der Waals surface area (Å²) in [5.74, 6) is 0.0545. The van der Waals surface area contributed by atoms with E-state index in [1.165, 1.54) is 22.7 Å². The van der Waals surface area contributed by atoms with Gasteiger partial charge in [0.25, 0.3) is 5.91 Å². The van der Waals surface area contributed by atoms with E-state index in [0.717, 1.165) is 43.2 Å². The number of thiophene rings is 1. The number of fused-ring (bicyclic) bond motifs is 1. The van der Waals surface area contributed by atoms with Crippen molar-refractivity contribution in [1.29, 1.82) is 0 Å². The normalized spacial score (nSPS) is 14.2. The first-order valence-electron chi connectivity index (χ1n) is 8.44. The second-order valence-corrected chi connectivity index (χ2v) is 7.88. The molecule has 1 N–H and O–H groups in total. The summed E-state index contributed by atoms with van der Waals surface area (Å²) in [5.41, 5.74) is 1.04. The number of hydrogen-bond donors (Lipinski definition) is 1. The molecule has 3 rings (SSSR count). The van der Waals surface area contributed by atoms with Gasteiger partial charge in [-0.2, -0.15) is 0 Å². The number of aromatic nitrogens is 1. The third kappa shape index (κ3) is 4.26. The van der Waals surface area contributed by atoms with Crippen LogP contribution in [0.15, 0.2) is 17.5 Å². The number of carbonyl (C=O) groups excluding carboxylic acids is 2. The highest BCUT2D eigenvalue weighted by molar-refractivity contribution is 7.16. The highest BCUT2D eigenvalue weighted by Crippen LogP contribution is 2.28. The third-order valence-electron chi connectivity index (χ3n) is 4.25. The van der Waals surface area contributed by atoms with Crippen LogP contribution in [0.3, 0.4) is 0 Å². The molecule has 0 unspecified atom stereocenters. The predicted molar refractivity (Wildman–Crippen MR) is 101 cm³/mol. The Labute approximate surface area is 155 Å². The molecule has 25 heavy (non-hydrogen) atoms. The molecule has 0 saturated carbocycles. The zero-order valence-electron chi connectivity index (χ0n) is 14.4. The van der Waals surface area contributed by atoms with Crippen LogP contribution >= 0.6 is 22.7 Å².